The lowest BCUT2D eigenvalue weighted by Crippen LogP contribution is -2.37. The van der Waals surface area contributed by atoms with Crippen LogP contribution >= 0.6 is 23.4 Å². The molecule has 12 heteroatoms. The molecule has 2 atom stereocenters. The molecule has 5 heterocycles. The van der Waals surface area contributed by atoms with Crippen LogP contribution in [0.1, 0.15) is 35.8 Å². The molecule has 2 aliphatic heterocycles. The molecule has 1 amide bonds. The van der Waals surface area contributed by atoms with Crippen molar-refractivity contribution in [2.45, 2.75) is 48.3 Å². The molecular formula is C26H26ClN7O3S. The number of halogens is 1. The summed E-state index contributed by atoms with van der Waals surface area (Å²) in [5, 5.41) is 5.60. The number of aromatic amines is 1. The highest BCUT2D eigenvalue weighted by Crippen LogP contribution is 2.38. The molecule has 2 saturated heterocycles. The number of H-pyrrole nitrogens is 1. The van der Waals surface area contributed by atoms with Gasteiger partial charge in [0, 0.05) is 47.7 Å². The molecular weight excluding hydrogens is 526 g/mol. The molecule has 3 aromatic heterocycles. The topological polar surface area (TPSA) is 139 Å². The van der Waals surface area contributed by atoms with Crippen LogP contribution in [0.3, 0.4) is 0 Å². The first kappa shape index (κ1) is 24.9. The number of hydrogen-bond donors (Lipinski definition) is 3. The Morgan fingerprint density at radius 2 is 2.18 bits per heavy atom. The Bertz CT molecular complexity index is 1580. The minimum atomic E-state index is -0.613. The van der Waals surface area contributed by atoms with Gasteiger partial charge >= 0.3 is 5.97 Å². The number of aromatic nitrogens is 4. The highest BCUT2D eigenvalue weighted by Gasteiger charge is 2.29. The van der Waals surface area contributed by atoms with Gasteiger partial charge in [0.05, 0.1) is 28.1 Å². The largest absolute Gasteiger partial charge is 0.464 e. The Labute approximate surface area is 227 Å². The van der Waals surface area contributed by atoms with Gasteiger partial charge in [0.25, 0.3) is 5.91 Å². The van der Waals surface area contributed by atoms with E-state index in [1.807, 2.05) is 25.1 Å². The highest BCUT2D eigenvalue weighted by molar-refractivity contribution is 7.99. The summed E-state index contributed by atoms with van der Waals surface area (Å²) >= 11 is 8.14. The number of pyridine rings is 1. The molecule has 4 aromatic rings. The standard InChI is InChI=1S/C26H26ClN7O3S/c1-2-17-21(27)20-22(30-17)32-26(33-23(20)34-7-5-15(28)12-34)38-16-4-3-13-9-14(11-29-19(13)10-16)24(35)31-18-6-8-37-25(18)36/h3-4,9-11,15,18H,2,5-8,12,28H2,1H3,(H,31,35)(H,30,32,33). The van der Waals surface area contributed by atoms with Crippen LogP contribution in [-0.4, -0.2) is 63.6 Å². The predicted molar refractivity (Wildman–Crippen MR) is 146 cm³/mol. The number of carbonyl (C=O) groups is 2. The van der Waals surface area contributed by atoms with Gasteiger partial charge in [0.15, 0.2) is 5.16 Å². The molecule has 1 aromatic carbocycles. The van der Waals surface area contributed by atoms with Crippen molar-refractivity contribution < 1.29 is 14.3 Å². The molecule has 196 valence electrons. The highest BCUT2D eigenvalue weighted by atomic mass is 35.5. The number of rotatable bonds is 6. The molecule has 4 N–H and O–H groups in total. The lowest BCUT2D eigenvalue weighted by atomic mass is 10.1. The third-order valence-corrected chi connectivity index (χ3v) is 8.14. The number of anilines is 1. The van der Waals surface area contributed by atoms with Crippen LogP contribution in [0.5, 0.6) is 0 Å². The van der Waals surface area contributed by atoms with Crippen molar-refractivity contribution in [2.24, 2.45) is 5.73 Å². The van der Waals surface area contributed by atoms with Gasteiger partial charge in [-0.1, -0.05) is 24.6 Å². The average molecular weight is 552 g/mol. The van der Waals surface area contributed by atoms with Gasteiger partial charge in [-0.2, -0.15) is 0 Å². The number of nitrogens with zero attached hydrogens (tertiary/aromatic N) is 4. The molecule has 38 heavy (non-hydrogen) atoms. The zero-order valence-corrected chi connectivity index (χ0v) is 22.2. The van der Waals surface area contributed by atoms with Crippen LogP contribution in [-0.2, 0) is 16.0 Å². The van der Waals surface area contributed by atoms with Gasteiger partial charge in [0.2, 0.25) is 0 Å². The number of ether oxygens (including phenoxy) is 1. The van der Waals surface area contributed by atoms with Crippen LogP contribution in [0.4, 0.5) is 5.82 Å². The SMILES string of the molecule is CCc1[nH]c2nc(Sc3ccc4cc(C(=O)NC5CCOC5=O)cnc4c3)nc(N3CCC(N)C3)c2c1Cl. The summed E-state index contributed by atoms with van der Waals surface area (Å²) in [4.78, 5) is 44.9. The third-order valence-electron chi connectivity index (χ3n) is 6.87. The van der Waals surface area contributed by atoms with Crippen LogP contribution < -0.4 is 16.0 Å². The fourth-order valence-electron chi connectivity index (χ4n) is 4.83. The molecule has 10 nitrogen and oxygen atoms in total. The zero-order valence-electron chi connectivity index (χ0n) is 20.7. The Morgan fingerprint density at radius 1 is 1.32 bits per heavy atom. The summed E-state index contributed by atoms with van der Waals surface area (Å²) < 4.78 is 4.91. The summed E-state index contributed by atoms with van der Waals surface area (Å²) in [5.41, 5.74) is 8.94. The number of hydrogen-bond acceptors (Lipinski definition) is 9. The Kier molecular flexibility index (Phi) is 6.58. The van der Waals surface area contributed by atoms with Crippen LogP contribution in [0.25, 0.3) is 21.9 Å². The summed E-state index contributed by atoms with van der Waals surface area (Å²) in [6.07, 6.45) is 3.65. The molecule has 0 saturated carbocycles. The molecule has 0 aliphatic carbocycles. The average Bonchev–Trinajstić information content (AvgIpc) is 3.62. The number of carbonyl (C=O) groups excluding carboxylic acids is 2. The normalized spacial score (nSPS) is 19.4. The van der Waals surface area contributed by atoms with Crippen LogP contribution in [0.15, 0.2) is 40.5 Å². The molecule has 6 rings (SSSR count). The quantitative estimate of drug-likeness (QED) is 0.243. The third kappa shape index (κ3) is 4.65. The van der Waals surface area contributed by atoms with Crippen LogP contribution in [0.2, 0.25) is 5.02 Å². The Balaban J connectivity index is 1.28. The van der Waals surface area contributed by atoms with E-state index in [4.69, 9.17) is 32.0 Å². The number of aryl methyl sites for hydroxylation is 1. The molecule has 2 fully saturated rings. The molecule has 0 bridgehead atoms. The number of cyclic esters (lactones) is 1. The fraction of sp³-hybridized carbons (Fsp3) is 0.346. The molecule has 0 radical (unpaired) electrons. The first-order chi connectivity index (χ1) is 18.4. The van der Waals surface area contributed by atoms with E-state index in [1.165, 1.54) is 18.0 Å². The monoisotopic (exact) mass is 551 g/mol. The second-order valence-corrected chi connectivity index (χ2v) is 10.9. The minimum absolute atomic E-state index is 0.102. The zero-order chi connectivity index (χ0) is 26.4. The van der Waals surface area contributed by atoms with Gasteiger partial charge < -0.3 is 25.7 Å². The number of fused-ring (bicyclic) bond motifs is 2. The lowest BCUT2D eigenvalue weighted by Gasteiger charge is -2.18. The van der Waals surface area contributed by atoms with Crippen molar-refractivity contribution >= 4 is 63.0 Å². The van der Waals surface area contributed by atoms with E-state index in [2.05, 4.69) is 20.2 Å². The number of amides is 1. The molecule has 2 aliphatic rings. The van der Waals surface area contributed by atoms with Gasteiger partial charge in [-0.15, -0.1) is 0 Å². The van der Waals surface area contributed by atoms with E-state index >= 15 is 0 Å². The number of nitrogens with one attached hydrogen (secondary N) is 2. The number of nitrogens with two attached hydrogens (primary N) is 1. The van der Waals surface area contributed by atoms with E-state index in [0.717, 1.165) is 58.6 Å². The van der Waals surface area contributed by atoms with Crippen molar-refractivity contribution in [1.29, 1.82) is 0 Å². The molecule has 2 unspecified atom stereocenters. The van der Waals surface area contributed by atoms with Gasteiger partial charge in [-0.25, -0.2) is 14.8 Å². The van der Waals surface area contributed by atoms with E-state index < -0.39 is 12.0 Å². The molecule has 0 spiro atoms. The lowest BCUT2D eigenvalue weighted by molar-refractivity contribution is -0.139. The summed E-state index contributed by atoms with van der Waals surface area (Å²) in [5.74, 6) is 0.0400. The van der Waals surface area contributed by atoms with Crippen molar-refractivity contribution in [3.05, 3.63) is 46.7 Å². The van der Waals surface area contributed by atoms with Crippen LogP contribution in [0, 0.1) is 0 Å². The van der Waals surface area contributed by atoms with Crippen molar-refractivity contribution in [2.75, 3.05) is 24.6 Å². The first-order valence-corrected chi connectivity index (χ1v) is 13.7. The van der Waals surface area contributed by atoms with Crippen molar-refractivity contribution in [1.82, 2.24) is 25.3 Å². The maximum absolute atomic E-state index is 12.6. The second kappa shape index (κ2) is 10.0. The Morgan fingerprint density at radius 3 is 2.92 bits per heavy atom. The number of benzene rings is 1. The van der Waals surface area contributed by atoms with Crippen molar-refractivity contribution in [3.8, 4) is 0 Å². The first-order valence-electron chi connectivity index (χ1n) is 12.5. The van der Waals surface area contributed by atoms with E-state index in [-0.39, 0.29) is 11.9 Å². The van der Waals surface area contributed by atoms with E-state index in [1.54, 1.807) is 6.07 Å². The summed E-state index contributed by atoms with van der Waals surface area (Å²) in [7, 11) is 0. The van der Waals surface area contributed by atoms with E-state index in [9.17, 15) is 9.59 Å². The van der Waals surface area contributed by atoms with E-state index in [0.29, 0.717) is 34.4 Å². The van der Waals surface area contributed by atoms with Gasteiger partial charge in [-0.05, 0) is 42.8 Å². The number of esters is 1. The van der Waals surface area contributed by atoms with Gasteiger partial charge in [0.1, 0.15) is 17.5 Å². The summed E-state index contributed by atoms with van der Waals surface area (Å²) in [6, 6.07) is 7.04. The fourth-order valence-corrected chi connectivity index (χ4v) is 5.97. The maximum atomic E-state index is 12.6. The van der Waals surface area contributed by atoms with Crippen molar-refractivity contribution in [3.63, 3.8) is 0 Å². The predicted octanol–water partition coefficient (Wildman–Crippen LogP) is 3.46. The smallest absolute Gasteiger partial charge is 0.328 e. The second-order valence-electron chi connectivity index (χ2n) is 9.48. The Hall–Kier alpha value is -3.41. The maximum Gasteiger partial charge on any atom is 0.328 e. The summed E-state index contributed by atoms with van der Waals surface area (Å²) in [6.45, 7) is 3.90. The van der Waals surface area contributed by atoms with Gasteiger partial charge in [-0.3, -0.25) is 9.78 Å². The minimum Gasteiger partial charge on any atom is -0.464 e.